The molecule has 2 aromatic rings. The van der Waals surface area contributed by atoms with E-state index in [4.69, 9.17) is 27.9 Å². The predicted octanol–water partition coefficient (Wildman–Crippen LogP) is 3.93. The summed E-state index contributed by atoms with van der Waals surface area (Å²) < 4.78 is 5.16. The molecule has 0 heterocycles. The Kier molecular flexibility index (Phi) is 6.77. The Morgan fingerprint density at radius 1 is 0.962 bits per heavy atom. The molecule has 2 aromatic carbocycles. The van der Waals surface area contributed by atoms with E-state index in [1.165, 1.54) is 13.8 Å². The molecule has 2 atom stereocenters. The van der Waals surface area contributed by atoms with Gasteiger partial charge < -0.3 is 10.1 Å². The molecule has 136 valence electrons. The van der Waals surface area contributed by atoms with Gasteiger partial charge in [-0.05, 0) is 50.2 Å². The highest BCUT2D eigenvalue weighted by Crippen LogP contribution is 2.15. The summed E-state index contributed by atoms with van der Waals surface area (Å²) in [5.74, 6) is -1.59. The molecule has 0 bridgehead atoms. The second-order valence-corrected chi connectivity index (χ2v) is 6.47. The first-order valence-corrected chi connectivity index (χ1v) is 8.61. The highest BCUT2D eigenvalue weighted by molar-refractivity contribution is 6.33. The molecule has 5 nitrogen and oxygen atoms in total. The van der Waals surface area contributed by atoms with Crippen LogP contribution in [0.2, 0.25) is 10.0 Å². The lowest BCUT2D eigenvalue weighted by molar-refractivity contribution is -0.148. The van der Waals surface area contributed by atoms with Gasteiger partial charge in [0.05, 0.1) is 10.6 Å². The largest absolute Gasteiger partial charge is 0.453 e. The molecule has 0 spiro atoms. The van der Waals surface area contributed by atoms with Crippen molar-refractivity contribution in [2.75, 3.05) is 0 Å². The second kappa shape index (κ2) is 8.83. The monoisotopic (exact) mass is 393 g/mol. The number of amides is 1. The van der Waals surface area contributed by atoms with E-state index in [1.807, 2.05) is 0 Å². The van der Waals surface area contributed by atoms with E-state index >= 15 is 0 Å². The van der Waals surface area contributed by atoms with Crippen LogP contribution in [0.25, 0.3) is 0 Å². The fraction of sp³-hybridized carbons (Fsp3) is 0.211. The fourth-order valence-electron chi connectivity index (χ4n) is 2.16. The van der Waals surface area contributed by atoms with Crippen LogP contribution in [-0.4, -0.2) is 29.8 Å². The van der Waals surface area contributed by atoms with Gasteiger partial charge in [-0.1, -0.05) is 35.3 Å². The number of hydrogen-bond acceptors (Lipinski definition) is 4. The first-order chi connectivity index (χ1) is 12.3. The van der Waals surface area contributed by atoms with Crippen LogP contribution in [0, 0.1) is 0 Å². The molecule has 0 aliphatic heterocycles. The van der Waals surface area contributed by atoms with E-state index in [-0.39, 0.29) is 16.4 Å². The average molecular weight is 394 g/mol. The summed E-state index contributed by atoms with van der Waals surface area (Å²) in [6, 6.07) is 11.8. The lowest BCUT2D eigenvalue weighted by Crippen LogP contribution is -2.41. The van der Waals surface area contributed by atoms with Crippen LogP contribution in [0.5, 0.6) is 0 Å². The zero-order valence-corrected chi connectivity index (χ0v) is 15.7. The predicted molar refractivity (Wildman–Crippen MR) is 99.7 cm³/mol. The maximum atomic E-state index is 12.3. The van der Waals surface area contributed by atoms with Gasteiger partial charge in [0.25, 0.3) is 5.91 Å². The van der Waals surface area contributed by atoms with E-state index in [2.05, 4.69) is 5.32 Å². The van der Waals surface area contributed by atoms with Crippen molar-refractivity contribution in [3.05, 3.63) is 69.7 Å². The zero-order valence-electron chi connectivity index (χ0n) is 14.2. The number of hydrogen-bond donors (Lipinski definition) is 1. The van der Waals surface area contributed by atoms with Crippen molar-refractivity contribution in [3.63, 3.8) is 0 Å². The van der Waals surface area contributed by atoms with Gasteiger partial charge in [0, 0.05) is 10.6 Å². The summed E-state index contributed by atoms with van der Waals surface area (Å²) in [7, 11) is 0. The molecule has 1 amide bonds. The number of carbonyl (C=O) groups is 3. The Bertz CT molecular complexity index is 821. The molecule has 26 heavy (non-hydrogen) atoms. The Morgan fingerprint density at radius 3 is 2.19 bits per heavy atom. The van der Waals surface area contributed by atoms with Crippen LogP contribution in [0.4, 0.5) is 0 Å². The van der Waals surface area contributed by atoms with Gasteiger partial charge in [-0.25, -0.2) is 4.79 Å². The van der Waals surface area contributed by atoms with Gasteiger partial charge in [-0.3, -0.25) is 9.59 Å². The van der Waals surface area contributed by atoms with Crippen molar-refractivity contribution < 1.29 is 19.1 Å². The number of ketones is 1. The minimum absolute atomic E-state index is 0.249. The molecular weight excluding hydrogens is 377 g/mol. The van der Waals surface area contributed by atoms with Gasteiger partial charge in [-0.2, -0.15) is 0 Å². The summed E-state index contributed by atoms with van der Waals surface area (Å²) in [5.41, 5.74) is 0.626. The van der Waals surface area contributed by atoms with Crippen molar-refractivity contribution in [2.24, 2.45) is 0 Å². The van der Waals surface area contributed by atoms with Crippen LogP contribution < -0.4 is 5.32 Å². The highest BCUT2D eigenvalue weighted by Gasteiger charge is 2.24. The molecule has 0 fully saturated rings. The zero-order chi connectivity index (χ0) is 19.3. The summed E-state index contributed by atoms with van der Waals surface area (Å²) in [5, 5.41) is 3.28. The van der Waals surface area contributed by atoms with Gasteiger partial charge in [-0.15, -0.1) is 0 Å². The smallest absolute Gasteiger partial charge is 0.329 e. The number of ether oxygens (including phenoxy) is 1. The number of rotatable bonds is 6. The van der Waals surface area contributed by atoms with Crippen molar-refractivity contribution in [1.82, 2.24) is 5.32 Å². The number of benzene rings is 2. The molecule has 0 radical (unpaired) electrons. The molecule has 0 saturated carbocycles. The number of halogens is 2. The van der Waals surface area contributed by atoms with Gasteiger partial charge in [0.15, 0.2) is 6.10 Å². The number of nitrogens with one attached hydrogen (secondary N) is 1. The maximum absolute atomic E-state index is 12.3. The van der Waals surface area contributed by atoms with Crippen molar-refractivity contribution in [2.45, 2.75) is 26.0 Å². The van der Waals surface area contributed by atoms with Crippen LogP contribution >= 0.6 is 23.2 Å². The lowest BCUT2D eigenvalue weighted by atomic mass is 10.1. The highest BCUT2D eigenvalue weighted by atomic mass is 35.5. The molecule has 0 aromatic heterocycles. The lowest BCUT2D eigenvalue weighted by Gasteiger charge is -2.17. The third kappa shape index (κ3) is 5.07. The topological polar surface area (TPSA) is 72.5 Å². The third-order valence-corrected chi connectivity index (χ3v) is 4.19. The van der Waals surface area contributed by atoms with Gasteiger partial charge >= 0.3 is 5.97 Å². The van der Waals surface area contributed by atoms with Crippen LogP contribution in [0.3, 0.4) is 0 Å². The fourth-order valence-corrected chi connectivity index (χ4v) is 2.50. The van der Waals surface area contributed by atoms with Crippen molar-refractivity contribution in [1.29, 1.82) is 0 Å². The van der Waals surface area contributed by atoms with E-state index < -0.39 is 24.0 Å². The quantitative estimate of drug-likeness (QED) is 0.595. The van der Waals surface area contributed by atoms with Crippen molar-refractivity contribution in [3.8, 4) is 0 Å². The van der Waals surface area contributed by atoms with E-state index in [0.29, 0.717) is 10.6 Å². The molecule has 2 rings (SSSR count). The van der Waals surface area contributed by atoms with E-state index in [0.717, 1.165) is 0 Å². The van der Waals surface area contributed by atoms with Crippen LogP contribution in [0.15, 0.2) is 48.5 Å². The standard InChI is InChI=1S/C19H17Cl2NO4/c1-11(22-18(24)15-5-3-4-6-16(15)21)19(25)26-12(2)17(23)13-7-9-14(20)10-8-13/h3-12H,1-2H3,(H,22,24). The minimum Gasteiger partial charge on any atom is -0.453 e. The number of carbonyl (C=O) groups excluding carboxylic acids is 3. The number of Topliss-reactive ketones (excluding diaryl/α,β-unsaturated/α-hetero) is 1. The van der Waals surface area contributed by atoms with Gasteiger partial charge in [0.2, 0.25) is 5.78 Å². The van der Waals surface area contributed by atoms with Crippen LogP contribution in [-0.2, 0) is 9.53 Å². The summed E-state index contributed by atoms with van der Waals surface area (Å²) >= 11 is 11.7. The second-order valence-electron chi connectivity index (χ2n) is 5.63. The van der Waals surface area contributed by atoms with E-state index in [1.54, 1.807) is 48.5 Å². The number of esters is 1. The summed E-state index contributed by atoms with van der Waals surface area (Å²) in [4.78, 5) is 36.6. The summed E-state index contributed by atoms with van der Waals surface area (Å²) in [6.07, 6.45) is -0.997. The first-order valence-electron chi connectivity index (χ1n) is 7.85. The average Bonchev–Trinajstić information content (AvgIpc) is 2.61. The summed E-state index contributed by atoms with van der Waals surface area (Å²) in [6.45, 7) is 2.94. The minimum atomic E-state index is -0.997. The Hall–Kier alpha value is -2.37. The third-order valence-electron chi connectivity index (χ3n) is 3.61. The van der Waals surface area contributed by atoms with Crippen molar-refractivity contribution >= 4 is 40.9 Å². The molecule has 1 N–H and O–H groups in total. The molecule has 0 saturated heterocycles. The molecule has 7 heteroatoms. The molecule has 0 aliphatic carbocycles. The maximum Gasteiger partial charge on any atom is 0.329 e. The SMILES string of the molecule is CC(NC(=O)c1ccccc1Cl)C(=O)OC(C)C(=O)c1ccc(Cl)cc1. The molecular formula is C19H17Cl2NO4. The first kappa shape index (κ1) is 19.9. The molecule has 2 unspecified atom stereocenters. The van der Waals surface area contributed by atoms with E-state index in [9.17, 15) is 14.4 Å². The Morgan fingerprint density at radius 2 is 1.58 bits per heavy atom. The van der Waals surface area contributed by atoms with Gasteiger partial charge in [0.1, 0.15) is 6.04 Å². The Labute approximate surface area is 161 Å². The van der Waals surface area contributed by atoms with Crippen LogP contribution in [0.1, 0.15) is 34.6 Å². The normalized spacial score (nSPS) is 12.8. The Balaban J connectivity index is 1.95. The molecule has 0 aliphatic rings.